The maximum absolute atomic E-state index is 12.3. The molecule has 6 nitrogen and oxygen atoms in total. The lowest BCUT2D eigenvalue weighted by atomic mass is 10.2. The van der Waals surface area contributed by atoms with Crippen LogP contribution in [0.1, 0.15) is 11.3 Å². The highest BCUT2D eigenvalue weighted by Crippen LogP contribution is 2.21. The number of rotatable bonds is 6. The number of nitrogens with zero attached hydrogens (tertiary/aromatic N) is 3. The molecular weight excluding hydrogens is 326 g/mol. The van der Waals surface area contributed by atoms with Crippen LogP contribution in [0.25, 0.3) is 0 Å². The van der Waals surface area contributed by atoms with Gasteiger partial charge in [0.2, 0.25) is 5.91 Å². The first-order valence-electron chi connectivity index (χ1n) is 7.95. The Bertz CT molecular complexity index is 669. The zero-order valence-corrected chi connectivity index (χ0v) is 14.2. The van der Waals surface area contributed by atoms with Crippen LogP contribution in [0.5, 0.6) is 0 Å². The molecule has 128 valence electrons. The standard InChI is InChI=1S/C17H21N3O3S/c21-12-15-10-18-17(20(15)11-14-4-2-1-3-5-14)24-13-16(22)19-6-8-23-9-7-19/h1-5,10,21H,6-9,11-13H2. The van der Waals surface area contributed by atoms with Crippen molar-refractivity contribution in [1.29, 1.82) is 0 Å². The third-order valence-electron chi connectivity index (χ3n) is 3.94. The maximum Gasteiger partial charge on any atom is 0.233 e. The third-order valence-corrected chi connectivity index (χ3v) is 4.91. The second-order valence-electron chi connectivity index (χ2n) is 5.54. The number of aliphatic hydroxyl groups excluding tert-OH is 1. The molecule has 0 aliphatic carbocycles. The fourth-order valence-corrected chi connectivity index (χ4v) is 3.50. The van der Waals surface area contributed by atoms with Gasteiger partial charge in [-0.3, -0.25) is 4.79 Å². The van der Waals surface area contributed by atoms with Gasteiger partial charge in [-0.2, -0.15) is 0 Å². The van der Waals surface area contributed by atoms with Crippen LogP contribution in [0.2, 0.25) is 0 Å². The molecule has 7 heteroatoms. The molecule has 2 aromatic rings. The molecule has 24 heavy (non-hydrogen) atoms. The molecule has 0 spiro atoms. The lowest BCUT2D eigenvalue weighted by Crippen LogP contribution is -2.41. The number of amides is 1. The first-order chi connectivity index (χ1) is 11.8. The molecule has 1 aliphatic heterocycles. The molecule has 1 aliphatic rings. The van der Waals surface area contributed by atoms with Crippen LogP contribution in [-0.4, -0.2) is 57.5 Å². The van der Waals surface area contributed by atoms with Crippen LogP contribution in [0, 0.1) is 0 Å². The summed E-state index contributed by atoms with van der Waals surface area (Å²) >= 11 is 1.41. The SMILES string of the molecule is O=C(CSc1ncc(CO)n1Cc1ccccc1)N1CCOCC1. The molecule has 1 N–H and O–H groups in total. The smallest absolute Gasteiger partial charge is 0.233 e. The fourth-order valence-electron chi connectivity index (χ4n) is 2.60. The highest BCUT2D eigenvalue weighted by Gasteiger charge is 2.18. The number of carbonyl (C=O) groups is 1. The first kappa shape index (κ1) is 17.0. The minimum Gasteiger partial charge on any atom is -0.390 e. The van der Waals surface area contributed by atoms with Gasteiger partial charge in [0.15, 0.2) is 5.16 Å². The van der Waals surface area contributed by atoms with Gasteiger partial charge in [-0.1, -0.05) is 42.1 Å². The predicted molar refractivity (Wildman–Crippen MR) is 91.8 cm³/mol. The van der Waals surface area contributed by atoms with Gasteiger partial charge in [-0.05, 0) is 5.56 Å². The average molecular weight is 347 g/mol. The molecule has 3 rings (SSSR count). The van der Waals surface area contributed by atoms with Crippen molar-refractivity contribution in [2.45, 2.75) is 18.3 Å². The molecule has 1 saturated heterocycles. The summed E-state index contributed by atoms with van der Waals surface area (Å²) in [6, 6.07) is 10.0. The molecule has 0 radical (unpaired) electrons. The molecule has 0 bridgehead atoms. The summed E-state index contributed by atoms with van der Waals surface area (Å²) in [7, 11) is 0. The second kappa shape index (κ2) is 8.32. The predicted octanol–water partition coefficient (Wildman–Crippen LogP) is 1.37. The number of hydrogen-bond acceptors (Lipinski definition) is 5. The van der Waals surface area contributed by atoms with Crippen LogP contribution in [0.4, 0.5) is 0 Å². The molecule has 1 fully saturated rings. The van der Waals surface area contributed by atoms with E-state index in [2.05, 4.69) is 4.98 Å². The van der Waals surface area contributed by atoms with Gasteiger partial charge in [-0.25, -0.2) is 4.98 Å². The Labute approximate surface area is 145 Å². The Hall–Kier alpha value is -1.83. The highest BCUT2D eigenvalue weighted by molar-refractivity contribution is 7.99. The van der Waals surface area contributed by atoms with Crippen molar-refractivity contribution in [3.05, 3.63) is 47.8 Å². The Morgan fingerprint density at radius 3 is 2.71 bits per heavy atom. The molecule has 1 aromatic carbocycles. The van der Waals surface area contributed by atoms with E-state index < -0.39 is 0 Å². The van der Waals surface area contributed by atoms with Crippen molar-refractivity contribution < 1.29 is 14.6 Å². The summed E-state index contributed by atoms with van der Waals surface area (Å²) in [6.07, 6.45) is 1.67. The molecule has 0 saturated carbocycles. The summed E-state index contributed by atoms with van der Waals surface area (Å²) in [4.78, 5) is 18.5. The summed E-state index contributed by atoms with van der Waals surface area (Å²) in [5.74, 6) is 0.444. The molecule has 2 heterocycles. The fraction of sp³-hybridized carbons (Fsp3) is 0.412. The molecule has 0 atom stereocenters. The van der Waals surface area contributed by atoms with Crippen molar-refractivity contribution >= 4 is 17.7 Å². The first-order valence-corrected chi connectivity index (χ1v) is 8.94. The van der Waals surface area contributed by atoms with Gasteiger partial charge in [-0.15, -0.1) is 0 Å². The van der Waals surface area contributed by atoms with E-state index in [0.29, 0.717) is 38.6 Å². The van der Waals surface area contributed by atoms with Crippen molar-refractivity contribution in [2.75, 3.05) is 32.1 Å². The van der Waals surface area contributed by atoms with Gasteiger partial charge in [0.25, 0.3) is 0 Å². The second-order valence-corrected chi connectivity index (χ2v) is 6.49. The zero-order valence-electron chi connectivity index (χ0n) is 13.4. The van der Waals surface area contributed by atoms with Crippen molar-refractivity contribution in [1.82, 2.24) is 14.5 Å². The number of aliphatic hydroxyl groups is 1. The van der Waals surface area contributed by atoms with E-state index in [4.69, 9.17) is 4.74 Å². The molecule has 1 aromatic heterocycles. The summed E-state index contributed by atoms with van der Waals surface area (Å²) < 4.78 is 7.24. The highest BCUT2D eigenvalue weighted by atomic mass is 32.2. The van der Waals surface area contributed by atoms with Gasteiger partial charge in [0, 0.05) is 19.6 Å². The zero-order chi connectivity index (χ0) is 16.8. The van der Waals surface area contributed by atoms with Gasteiger partial charge in [0.1, 0.15) is 0 Å². The maximum atomic E-state index is 12.3. The number of hydrogen-bond donors (Lipinski definition) is 1. The van der Waals surface area contributed by atoms with Crippen LogP contribution in [0.3, 0.4) is 0 Å². The van der Waals surface area contributed by atoms with Gasteiger partial charge in [0.05, 0.1) is 37.5 Å². The number of carbonyl (C=O) groups excluding carboxylic acids is 1. The molecule has 1 amide bonds. The number of ether oxygens (including phenoxy) is 1. The van der Waals surface area contributed by atoms with Crippen LogP contribution in [-0.2, 0) is 22.7 Å². The van der Waals surface area contributed by atoms with E-state index in [9.17, 15) is 9.90 Å². The Kier molecular flexibility index (Phi) is 5.90. The normalized spacial score (nSPS) is 14.8. The largest absolute Gasteiger partial charge is 0.390 e. The van der Waals surface area contributed by atoms with E-state index in [-0.39, 0.29) is 12.5 Å². The summed E-state index contributed by atoms with van der Waals surface area (Å²) in [5.41, 5.74) is 1.88. The lowest BCUT2D eigenvalue weighted by molar-refractivity contribution is -0.132. The van der Waals surface area contributed by atoms with E-state index in [0.717, 1.165) is 16.4 Å². The lowest BCUT2D eigenvalue weighted by Gasteiger charge is -2.26. The summed E-state index contributed by atoms with van der Waals surface area (Å²) in [6.45, 7) is 3.07. The Morgan fingerprint density at radius 1 is 1.25 bits per heavy atom. The number of imidazole rings is 1. The molecule has 0 unspecified atom stereocenters. The minimum atomic E-state index is -0.0716. The van der Waals surface area contributed by atoms with E-state index >= 15 is 0 Å². The van der Waals surface area contributed by atoms with Crippen molar-refractivity contribution in [3.8, 4) is 0 Å². The number of aromatic nitrogens is 2. The van der Waals surface area contributed by atoms with Crippen LogP contribution in [0.15, 0.2) is 41.7 Å². The number of thioether (sulfide) groups is 1. The topological polar surface area (TPSA) is 67.6 Å². The molecular formula is C17H21N3O3S. The van der Waals surface area contributed by atoms with Crippen LogP contribution >= 0.6 is 11.8 Å². The Balaban J connectivity index is 1.66. The van der Waals surface area contributed by atoms with E-state index in [1.807, 2.05) is 39.8 Å². The Morgan fingerprint density at radius 2 is 2.00 bits per heavy atom. The van der Waals surface area contributed by atoms with Crippen LogP contribution < -0.4 is 0 Å². The van der Waals surface area contributed by atoms with Crippen molar-refractivity contribution in [2.24, 2.45) is 0 Å². The quantitative estimate of drug-likeness (QED) is 0.800. The van der Waals surface area contributed by atoms with Gasteiger partial charge >= 0.3 is 0 Å². The summed E-state index contributed by atoms with van der Waals surface area (Å²) in [5, 5.41) is 10.3. The average Bonchev–Trinajstić information content (AvgIpc) is 3.03. The van der Waals surface area contributed by atoms with E-state index in [1.54, 1.807) is 6.20 Å². The minimum absolute atomic E-state index is 0.0716. The third kappa shape index (κ3) is 4.17. The number of morpholine rings is 1. The van der Waals surface area contributed by atoms with Crippen molar-refractivity contribution in [3.63, 3.8) is 0 Å². The monoisotopic (exact) mass is 347 g/mol. The van der Waals surface area contributed by atoms with Gasteiger partial charge < -0.3 is 19.3 Å². The number of benzene rings is 1. The van der Waals surface area contributed by atoms with E-state index in [1.165, 1.54) is 11.8 Å².